The van der Waals surface area contributed by atoms with E-state index in [0.717, 1.165) is 37.0 Å². The third kappa shape index (κ3) is 2.93. The van der Waals surface area contributed by atoms with Crippen LogP contribution in [0.15, 0.2) is 23.1 Å². The van der Waals surface area contributed by atoms with Gasteiger partial charge in [-0.3, -0.25) is 0 Å². The molecule has 1 fully saturated rings. The van der Waals surface area contributed by atoms with Crippen LogP contribution >= 0.6 is 0 Å². The van der Waals surface area contributed by atoms with Gasteiger partial charge in [-0.25, -0.2) is 8.42 Å². The van der Waals surface area contributed by atoms with Crippen molar-refractivity contribution in [2.24, 2.45) is 11.7 Å². The minimum Gasteiger partial charge on any atom is -0.493 e. The smallest absolute Gasteiger partial charge is 0.243 e. The molecule has 0 radical (unpaired) electrons. The SMILES string of the molecule is NCCC1CCN(S(=O)(=O)c2ccc3c(c2)CCO3)CC1. The monoisotopic (exact) mass is 310 g/mol. The standard InChI is InChI=1S/C15H22N2O3S/c16-7-3-12-4-8-17(9-5-12)21(18,19)14-1-2-15-13(11-14)6-10-20-15/h1-2,11-12H,3-10,16H2. The molecule has 2 heterocycles. The van der Waals surface area contributed by atoms with E-state index in [2.05, 4.69) is 0 Å². The summed E-state index contributed by atoms with van der Waals surface area (Å²) in [6.07, 6.45) is 3.59. The first-order chi connectivity index (χ1) is 10.1. The fraction of sp³-hybridized carbons (Fsp3) is 0.600. The highest BCUT2D eigenvalue weighted by Crippen LogP contribution is 2.30. The zero-order valence-electron chi connectivity index (χ0n) is 12.1. The molecule has 0 amide bonds. The van der Waals surface area contributed by atoms with Gasteiger partial charge in [0.05, 0.1) is 11.5 Å². The summed E-state index contributed by atoms with van der Waals surface area (Å²) in [5.74, 6) is 1.38. The molecular weight excluding hydrogens is 288 g/mol. The summed E-state index contributed by atoms with van der Waals surface area (Å²) in [6.45, 7) is 2.52. The predicted molar refractivity (Wildman–Crippen MR) is 80.8 cm³/mol. The van der Waals surface area contributed by atoms with Crippen molar-refractivity contribution in [3.05, 3.63) is 23.8 Å². The van der Waals surface area contributed by atoms with E-state index >= 15 is 0 Å². The molecule has 0 bridgehead atoms. The molecule has 5 nitrogen and oxygen atoms in total. The lowest BCUT2D eigenvalue weighted by atomic mass is 9.95. The molecule has 0 saturated carbocycles. The van der Waals surface area contributed by atoms with Crippen molar-refractivity contribution < 1.29 is 13.2 Å². The maximum Gasteiger partial charge on any atom is 0.243 e. The van der Waals surface area contributed by atoms with Crippen molar-refractivity contribution in [2.45, 2.75) is 30.6 Å². The molecule has 2 N–H and O–H groups in total. The summed E-state index contributed by atoms with van der Waals surface area (Å²) >= 11 is 0. The van der Waals surface area contributed by atoms with E-state index < -0.39 is 10.0 Å². The lowest BCUT2D eigenvalue weighted by Gasteiger charge is -2.31. The lowest BCUT2D eigenvalue weighted by molar-refractivity contribution is 0.266. The second-order valence-electron chi connectivity index (χ2n) is 5.79. The number of ether oxygens (including phenoxy) is 1. The zero-order valence-corrected chi connectivity index (χ0v) is 12.9. The second-order valence-corrected chi connectivity index (χ2v) is 7.73. The Hall–Kier alpha value is -1.11. The van der Waals surface area contributed by atoms with Gasteiger partial charge in [-0.05, 0) is 55.5 Å². The van der Waals surface area contributed by atoms with E-state index in [1.54, 1.807) is 22.5 Å². The quantitative estimate of drug-likeness (QED) is 0.911. The molecule has 6 heteroatoms. The van der Waals surface area contributed by atoms with Gasteiger partial charge in [0.15, 0.2) is 0 Å². The van der Waals surface area contributed by atoms with Crippen LogP contribution in [0.25, 0.3) is 0 Å². The van der Waals surface area contributed by atoms with Crippen LogP contribution in [0.2, 0.25) is 0 Å². The number of fused-ring (bicyclic) bond motifs is 1. The van der Waals surface area contributed by atoms with Crippen molar-refractivity contribution in [2.75, 3.05) is 26.2 Å². The van der Waals surface area contributed by atoms with Gasteiger partial charge in [0.2, 0.25) is 10.0 Å². The number of rotatable bonds is 4. The molecule has 1 aromatic rings. The lowest BCUT2D eigenvalue weighted by Crippen LogP contribution is -2.38. The molecule has 0 spiro atoms. The molecule has 116 valence electrons. The summed E-state index contributed by atoms with van der Waals surface area (Å²) in [4.78, 5) is 0.393. The summed E-state index contributed by atoms with van der Waals surface area (Å²) in [7, 11) is -3.38. The number of hydrogen-bond donors (Lipinski definition) is 1. The van der Waals surface area contributed by atoms with Crippen molar-refractivity contribution in [1.29, 1.82) is 0 Å². The highest BCUT2D eigenvalue weighted by Gasteiger charge is 2.30. The Morgan fingerprint density at radius 1 is 1.29 bits per heavy atom. The molecule has 2 aliphatic heterocycles. The average Bonchev–Trinajstić information content (AvgIpc) is 2.95. The van der Waals surface area contributed by atoms with Gasteiger partial charge >= 0.3 is 0 Å². The fourth-order valence-electron chi connectivity index (χ4n) is 3.15. The number of nitrogens with two attached hydrogens (primary N) is 1. The molecule has 2 aliphatic rings. The second kappa shape index (κ2) is 5.94. The minimum absolute atomic E-state index is 0.393. The third-order valence-corrected chi connectivity index (χ3v) is 6.34. The van der Waals surface area contributed by atoms with Gasteiger partial charge in [-0.2, -0.15) is 4.31 Å². The first-order valence-electron chi connectivity index (χ1n) is 7.57. The van der Waals surface area contributed by atoms with Crippen molar-refractivity contribution in [3.63, 3.8) is 0 Å². The number of nitrogens with zero attached hydrogens (tertiary/aromatic N) is 1. The van der Waals surface area contributed by atoms with Gasteiger partial charge in [0.1, 0.15) is 5.75 Å². The van der Waals surface area contributed by atoms with Gasteiger partial charge in [-0.15, -0.1) is 0 Å². The van der Waals surface area contributed by atoms with Crippen LogP contribution in [-0.2, 0) is 16.4 Å². The topological polar surface area (TPSA) is 72.6 Å². The number of piperidine rings is 1. The summed E-state index contributed by atoms with van der Waals surface area (Å²) in [5.41, 5.74) is 6.57. The molecule has 21 heavy (non-hydrogen) atoms. The van der Waals surface area contributed by atoms with Crippen molar-refractivity contribution >= 4 is 10.0 Å². The Bertz CT molecular complexity index is 607. The van der Waals surface area contributed by atoms with E-state index in [9.17, 15) is 8.42 Å². The van der Waals surface area contributed by atoms with Gasteiger partial charge < -0.3 is 10.5 Å². The molecular formula is C15H22N2O3S. The molecule has 0 unspecified atom stereocenters. The maximum atomic E-state index is 12.7. The van der Waals surface area contributed by atoms with E-state index in [0.29, 0.717) is 37.1 Å². The van der Waals surface area contributed by atoms with E-state index in [4.69, 9.17) is 10.5 Å². The first kappa shape index (κ1) is 14.8. The first-order valence-corrected chi connectivity index (χ1v) is 9.01. The predicted octanol–water partition coefficient (Wildman–Crippen LogP) is 1.37. The van der Waals surface area contributed by atoms with Crippen LogP contribution in [0.1, 0.15) is 24.8 Å². The Morgan fingerprint density at radius 3 is 2.76 bits per heavy atom. The molecule has 1 aromatic carbocycles. The highest BCUT2D eigenvalue weighted by molar-refractivity contribution is 7.89. The third-order valence-electron chi connectivity index (χ3n) is 4.45. The normalized spacial score (nSPS) is 20.2. The van der Waals surface area contributed by atoms with Crippen LogP contribution in [0.5, 0.6) is 5.75 Å². The average molecular weight is 310 g/mol. The Labute approximate surface area is 126 Å². The van der Waals surface area contributed by atoms with Crippen molar-refractivity contribution in [3.8, 4) is 5.75 Å². The van der Waals surface area contributed by atoms with Gasteiger partial charge in [0.25, 0.3) is 0 Å². The summed E-state index contributed by atoms with van der Waals surface area (Å²) in [6, 6.07) is 5.20. The van der Waals surface area contributed by atoms with Crippen LogP contribution in [0, 0.1) is 5.92 Å². The van der Waals surface area contributed by atoms with Crippen molar-refractivity contribution in [1.82, 2.24) is 4.31 Å². The maximum absolute atomic E-state index is 12.7. The molecule has 1 saturated heterocycles. The van der Waals surface area contributed by atoms with E-state index in [1.165, 1.54) is 0 Å². The number of sulfonamides is 1. The van der Waals surface area contributed by atoms with E-state index in [-0.39, 0.29) is 0 Å². The Balaban J connectivity index is 1.75. The zero-order chi connectivity index (χ0) is 14.9. The van der Waals surface area contributed by atoms with Crippen LogP contribution in [0.4, 0.5) is 0 Å². The van der Waals surface area contributed by atoms with Gasteiger partial charge in [0, 0.05) is 19.5 Å². The fourth-order valence-corrected chi connectivity index (χ4v) is 4.67. The van der Waals surface area contributed by atoms with Crippen LogP contribution < -0.4 is 10.5 Å². The summed E-state index contributed by atoms with van der Waals surface area (Å²) in [5, 5.41) is 0. The summed E-state index contributed by atoms with van der Waals surface area (Å²) < 4.78 is 32.5. The molecule has 3 rings (SSSR count). The Kier molecular flexibility index (Phi) is 4.19. The molecule has 0 aromatic heterocycles. The minimum atomic E-state index is -3.38. The van der Waals surface area contributed by atoms with Gasteiger partial charge in [-0.1, -0.05) is 0 Å². The highest BCUT2D eigenvalue weighted by atomic mass is 32.2. The number of hydrogen-bond acceptors (Lipinski definition) is 4. The molecule has 0 atom stereocenters. The van der Waals surface area contributed by atoms with Crippen LogP contribution in [-0.4, -0.2) is 39.0 Å². The Morgan fingerprint density at radius 2 is 2.05 bits per heavy atom. The largest absolute Gasteiger partial charge is 0.493 e. The van der Waals surface area contributed by atoms with E-state index in [1.807, 2.05) is 0 Å². The molecule has 0 aliphatic carbocycles. The number of benzene rings is 1. The van der Waals surface area contributed by atoms with Crippen LogP contribution in [0.3, 0.4) is 0 Å².